The highest BCUT2D eigenvalue weighted by atomic mass is 32.2. The van der Waals surface area contributed by atoms with Gasteiger partial charge in [0, 0.05) is 11.2 Å². The van der Waals surface area contributed by atoms with Gasteiger partial charge in [-0.2, -0.15) is 0 Å². The van der Waals surface area contributed by atoms with E-state index in [1.807, 2.05) is 0 Å². The molecule has 2 heteroatoms. The van der Waals surface area contributed by atoms with Crippen LogP contribution in [0.1, 0.15) is 67.5 Å². The van der Waals surface area contributed by atoms with E-state index in [0.29, 0.717) is 17.1 Å². The zero-order chi connectivity index (χ0) is 20.6. The fourth-order valence-corrected chi connectivity index (χ4v) is 6.63. The van der Waals surface area contributed by atoms with Gasteiger partial charge in [-0.05, 0) is 73.3 Å². The maximum Gasteiger partial charge on any atom is 0.139 e. The molecule has 0 radical (unpaired) electrons. The summed E-state index contributed by atoms with van der Waals surface area (Å²) in [5, 5.41) is 12.5. The first-order chi connectivity index (χ1) is 13.2. The minimum absolute atomic E-state index is 0.226. The van der Waals surface area contributed by atoms with E-state index in [1.54, 1.807) is 11.8 Å². The summed E-state index contributed by atoms with van der Waals surface area (Å²) < 4.78 is 0. The average molecular weight is 397 g/mol. The zero-order valence-electron chi connectivity index (χ0n) is 18.5. The van der Waals surface area contributed by atoms with Gasteiger partial charge >= 0.3 is 0 Å². The predicted octanol–water partition coefficient (Wildman–Crippen LogP) is 6.78. The van der Waals surface area contributed by atoms with Gasteiger partial charge in [-0.3, -0.25) is 0 Å². The molecule has 2 aromatic carbocycles. The minimum atomic E-state index is -0.813. The molecule has 1 unspecified atom stereocenters. The molecule has 0 bridgehead atoms. The molecule has 1 heterocycles. The molecule has 0 saturated carbocycles. The Morgan fingerprint density at radius 1 is 0.929 bits per heavy atom. The van der Waals surface area contributed by atoms with Crippen LogP contribution in [0.25, 0.3) is 0 Å². The van der Waals surface area contributed by atoms with Crippen LogP contribution in [0.4, 0.5) is 0 Å². The van der Waals surface area contributed by atoms with Crippen LogP contribution in [0, 0.1) is 38.5 Å². The second-order valence-corrected chi connectivity index (χ2v) is 10.5. The van der Waals surface area contributed by atoms with Crippen molar-refractivity contribution in [3.05, 3.63) is 69.8 Å². The maximum absolute atomic E-state index is 12.0. The van der Waals surface area contributed by atoms with Crippen molar-refractivity contribution < 1.29 is 5.11 Å². The molecule has 1 N–H and O–H groups in total. The van der Waals surface area contributed by atoms with E-state index in [-0.39, 0.29) is 5.92 Å². The van der Waals surface area contributed by atoms with Gasteiger partial charge in [0.1, 0.15) is 4.93 Å². The molecule has 0 spiro atoms. The molecule has 152 valence electrons. The molecule has 0 aliphatic carbocycles. The van der Waals surface area contributed by atoms with Gasteiger partial charge in [-0.25, -0.2) is 0 Å². The molecule has 28 heavy (non-hydrogen) atoms. The summed E-state index contributed by atoms with van der Waals surface area (Å²) >= 11 is 1.80. The summed E-state index contributed by atoms with van der Waals surface area (Å²) in [5.41, 5.74) is 7.59. The van der Waals surface area contributed by atoms with Gasteiger partial charge in [-0.15, -0.1) is 11.8 Å². The molecule has 5 atom stereocenters. The van der Waals surface area contributed by atoms with E-state index in [2.05, 4.69) is 84.9 Å². The number of rotatable bonds is 4. The number of hydrogen-bond acceptors (Lipinski definition) is 2. The lowest BCUT2D eigenvalue weighted by molar-refractivity contribution is 0.0224. The summed E-state index contributed by atoms with van der Waals surface area (Å²) in [6, 6.07) is 13.4. The van der Waals surface area contributed by atoms with Crippen molar-refractivity contribution in [3.8, 4) is 0 Å². The Kier molecular flexibility index (Phi) is 6.32. The smallest absolute Gasteiger partial charge is 0.139 e. The molecule has 3 rings (SSSR count). The summed E-state index contributed by atoms with van der Waals surface area (Å²) in [6.07, 6.45) is 2.02. The Labute approximate surface area is 176 Å². The van der Waals surface area contributed by atoms with E-state index in [0.717, 1.165) is 18.4 Å². The standard InChI is InChI=1S/C26H36OS/c1-8-25-20(6)19(5)21(7)26(27,28-25)24-15-23(17(3)13-18(24)4)14-22-11-9-16(2)10-12-22/h9-13,15,19-21,25,27H,8,14H2,1-7H3/t19-,20-,21+,25+,26?/m0/s1. The third-order valence-electron chi connectivity index (χ3n) is 7.14. The number of hydrogen-bond donors (Lipinski definition) is 1. The van der Waals surface area contributed by atoms with Crippen LogP contribution < -0.4 is 0 Å². The Hall–Kier alpha value is -1.25. The van der Waals surface area contributed by atoms with Crippen LogP contribution in [0.5, 0.6) is 0 Å². The Bertz CT molecular complexity index is 823. The molecule has 0 aromatic heterocycles. The monoisotopic (exact) mass is 396 g/mol. The third-order valence-corrected chi connectivity index (χ3v) is 9.16. The van der Waals surface area contributed by atoms with Gasteiger partial charge in [0.2, 0.25) is 0 Å². The average Bonchev–Trinajstić information content (AvgIpc) is 2.67. The second-order valence-electron chi connectivity index (χ2n) is 9.02. The number of thioether (sulfide) groups is 1. The lowest BCUT2D eigenvalue weighted by atomic mass is 9.76. The van der Waals surface area contributed by atoms with Crippen molar-refractivity contribution in [2.24, 2.45) is 17.8 Å². The van der Waals surface area contributed by atoms with Gasteiger partial charge in [0.05, 0.1) is 0 Å². The fraction of sp³-hybridized carbons (Fsp3) is 0.538. The van der Waals surface area contributed by atoms with Crippen molar-refractivity contribution in [1.29, 1.82) is 0 Å². The summed E-state index contributed by atoms with van der Waals surface area (Å²) in [6.45, 7) is 15.6. The van der Waals surface area contributed by atoms with E-state index >= 15 is 0 Å². The molecule has 1 fully saturated rings. The van der Waals surface area contributed by atoms with Gasteiger partial charge < -0.3 is 5.11 Å². The molecule has 1 nitrogen and oxygen atoms in total. The van der Waals surface area contributed by atoms with Crippen molar-refractivity contribution in [2.45, 2.75) is 71.5 Å². The Morgan fingerprint density at radius 3 is 2.18 bits per heavy atom. The van der Waals surface area contributed by atoms with Crippen LogP contribution >= 0.6 is 11.8 Å². The molecule has 1 aliphatic heterocycles. The van der Waals surface area contributed by atoms with Gasteiger partial charge in [-0.1, -0.05) is 69.7 Å². The molecule has 1 aliphatic rings. The summed E-state index contributed by atoms with van der Waals surface area (Å²) in [4.78, 5) is -0.813. The van der Waals surface area contributed by atoms with Crippen molar-refractivity contribution >= 4 is 11.8 Å². The predicted molar refractivity (Wildman–Crippen MR) is 123 cm³/mol. The zero-order valence-corrected chi connectivity index (χ0v) is 19.4. The highest BCUT2D eigenvalue weighted by molar-refractivity contribution is 8.00. The second kappa shape index (κ2) is 8.24. The highest BCUT2D eigenvalue weighted by Gasteiger charge is 2.49. The van der Waals surface area contributed by atoms with Crippen LogP contribution in [0.3, 0.4) is 0 Å². The van der Waals surface area contributed by atoms with Crippen molar-refractivity contribution in [1.82, 2.24) is 0 Å². The normalized spacial score (nSPS) is 30.4. The van der Waals surface area contributed by atoms with Crippen LogP contribution in [0.15, 0.2) is 36.4 Å². The first-order valence-corrected chi connectivity index (χ1v) is 11.6. The van der Waals surface area contributed by atoms with E-state index in [9.17, 15) is 5.11 Å². The molecule has 2 aromatic rings. The summed E-state index contributed by atoms with van der Waals surface area (Å²) in [5.74, 6) is 1.35. The molecular formula is C26H36OS. The maximum atomic E-state index is 12.0. The van der Waals surface area contributed by atoms with Gasteiger partial charge in [0.15, 0.2) is 0 Å². The first-order valence-electron chi connectivity index (χ1n) is 10.7. The SMILES string of the molecule is CC[C@H]1SC(O)(c2cc(Cc3ccc(C)cc3)c(C)cc2C)[C@H](C)[C@@H](C)[C@@H]1C. The van der Waals surface area contributed by atoms with Crippen LogP contribution in [-0.2, 0) is 11.4 Å². The molecule has 0 amide bonds. The minimum Gasteiger partial charge on any atom is -0.375 e. The van der Waals surface area contributed by atoms with Crippen LogP contribution in [0.2, 0.25) is 0 Å². The lowest BCUT2D eigenvalue weighted by Crippen LogP contribution is -2.45. The molecular weight excluding hydrogens is 360 g/mol. The molecule has 1 saturated heterocycles. The van der Waals surface area contributed by atoms with E-state index in [1.165, 1.54) is 27.8 Å². The fourth-order valence-electron chi connectivity index (χ4n) is 4.76. The number of aliphatic hydroxyl groups is 1. The van der Waals surface area contributed by atoms with Crippen molar-refractivity contribution in [2.75, 3.05) is 0 Å². The number of benzene rings is 2. The Morgan fingerprint density at radius 2 is 1.57 bits per heavy atom. The van der Waals surface area contributed by atoms with Crippen LogP contribution in [-0.4, -0.2) is 10.4 Å². The topological polar surface area (TPSA) is 20.2 Å². The largest absolute Gasteiger partial charge is 0.375 e. The van der Waals surface area contributed by atoms with E-state index in [4.69, 9.17) is 0 Å². The third kappa shape index (κ3) is 3.91. The first kappa shape index (κ1) is 21.5. The number of aryl methyl sites for hydroxylation is 3. The lowest BCUT2D eigenvalue weighted by Gasteiger charge is -2.49. The summed E-state index contributed by atoms with van der Waals surface area (Å²) in [7, 11) is 0. The highest BCUT2D eigenvalue weighted by Crippen LogP contribution is 2.55. The Balaban J connectivity index is 2.02. The van der Waals surface area contributed by atoms with Crippen molar-refractivity contribution in [3.63, 3.8) is 0 Å². The van der Waals surface area contributed by atoms with Gasteiger partial charge in [0.25, 0.3) is 0 Å². The van der Waals surface area contributed by atoms with E-state index < -0.39 is 4.93 Å². The quantitative estimate of drug-likeness (QED) is 0.614.